The van der Waals surface area contributed by atoms with Crippen LogP contribution in [0.4, 0.5) is 0 Å². The highest BCUT2D eigenvalue weighted by Gasteiger charge is 2.32. The molecule has 2 aromatic heterocycles. The Hall–Kier alpha value is -3.58. The smallest absolute Gasteiger partial charge is 0.266 e. The number of fused-ring (bicyclic) bond motifs is 2. The van der Waals surface area contributed by atoms with Crippen LogP contribution in [0.15, 0.2) is 78.1 Å². The van der Waals surface area contributed by atoms with Crippen LogP contribution in [-0.2, 0) is 10.0 Å². The Kier molecular flexibility index (Phi) is 3.53. The van der Waals surface area contributed by atoms with E-state index in [4.69, 9.17) is 0 Å². The van der Waals surface area contributed by atoms with Crippen LogP contribution in [-0.4, -0.2) is 24.3 Å². The van der Waals surface area contributed by atoms with Crippen LogP contribution in [0.5, 0.6) is 0 Å². The molecular weight excluding hydrogens is 374 g/mol. The monoisotopic (exact) mass is 387 g/mol. The standard InChI is InChI=1S/C21H13N3O3S/c25-21-17-3-1-15(12-20(17)28(26,27)24-21)14-2-4-19-18(11-14)16(7-10-23-19)13-5-8-22-9-6-13/h1-12H,(H,24,25). The van der Waals surface area contributed by atoms with Crippen molar-refractivity contribution in [2.45, 2.75) is 4.90 Å². The van der Waals surface area contributed by atoms with Crippen LogP contribution in [0, 0.1) is 0 Å². The Balaban J connectivity index is 1.71. The minimum atomic E-state index is -3.80. The number of aromatic nitrogens is 2. The highest BCUT2D eigenvalue weighted by atomic mass is 32.2. The van der Waals surface area contributed by atoms with E-state index in [9.17, 15) is 13.2 Å². The van der Waals surface area contributed by atoms with Crippen molar-refractivity contribution in [1.82, 2.24) is 14.7 Å². The number of amides is 1. The van der Waals surface area contributed by atoms with Crippen LogP contribution in [0.25, 0.3) is 33.2 Å². The Morgan fingerprint density at radius 2 is 1.50 bits per heavy atom. The molecule has 0 saturated heterocycles. The average Bonchev–Trinajstić information content (AvgIpc) is 2.96. The van der Waals surface area contributed by atoms with Gasteiger partial charge in [0.1, 0.15) is 4.90 Å². The number of hydrogen-bond donors (Lipinski definition) is 1. The van der Waals surface area contributed by atoms with Crippen molar-refractivity contribution in [3.05, 3.63) is 78.8 Å². The second kappa shape index (κ2) is 5.97. The predicted molar refractivity (Wildman–Crippen MR) is 105 cm³/mol. The summed E-state index contributed by atoms with van der Waals surface area (Å²) in [5.74, 6) is -0.593. The second-order valence-corrected chi connectivity index (χ2v) is 8.12. The number of carbonyl (C=O) groups excluding carboxylic acids is 1. The molecule has 4 aromatic rings. The maximum absolute atomic E-state index is 12.2. The molecule has 0 fully saturated rings. The van der Waals surface area contributed by atoms with E-state index in [1.165, 1.54) is 6.07 Å². The molecule has 136 valence electrons. The minimum Gasteiger partial charge on any atom is -0.268 e. The third-order valence-electron chi connectivity index (χ3n) is 4.81. The van der Waals surface area contributed by atoms with E-state index >= 15 is 0 Å². The van der Waals surface area contributed by atoms with Crippen molar-refractivity contribution in [2.24, 2.45) is 0 Å². The summed E-state index contributed by atoms with van der Waals surface area (Å²) < 4.78 is 26.3. The number of carbonyl (C=O) groups is 1. The van der Waals surface area contributed by atoms with E-state index in [1.54, 1.807) is 30.7 Å². The highest BCUT2D eigenvalue weighted by molar-refractivity contribution is 7.90. The molecule has 1 amide bonds. The zero-order chi connectivity index (χ0) is 19.3. The van der Waals surface area contributed by atoms with E-state index in [1.807, 2.05) is 41.1 Å². The molecule has 3 heterocycles. The van der Waals surface area contributed by atoms with Gasteiger partial charge in [-0.3, -0.25) is 14.8 Å². The fraction of sp³-hybridized carbons (Fsp3) is 0. The maximum Gasteiger partial charge on any atom is 0.266 e. The van der Waals surface area contributed by atoms with E-state index in [0.717, 1.165) is 27.6 Å². The molecule has 5 rings (SSSR count). The molecule has 0 bridgehead atoms. The van der Waals surface area contributed by atoms with E-state index < -0.39 is 15.9 Å². The first-order valence-corrected chi connectivity index (χ1v) is 10.0. The lowest BCUT2D eigenvalue weighted by atomic mass is 9.97. The number of rotatable bonds is 2. The van der Waals surface area contributed by atoms with Crippen LogP contribution >= 0.6 is 0 Å². The molecule has 1 aliphatic heterocycles. The second-order valence-electron chi connectivity index (χ2n) is 6.47. The van der Waals surface area contributed by atoms with Gasteiger partial charge in [0.25, 0.3) is 15.9 Å². The van der Waals surface area contributed by atoms with Crippen molar-refractivity contribution < 1.29 is 13.2 Å². The van der Waals surface area contributed by atoms with Crippen molar-refractivity contribution in [1.29, 1.82) is 0 Å². The van der Waals surface area contributed by atoms with Gasteiger partial charge in [-0.25, -0.2) is 13.1 Å². The molecule has 0 atom stereocenters. The Labute approximate surface area is 160 Å². The number of sulfonamides is 1. The number of nitrogens with one attached hydrogen (secondary N) is 1. The van der Waals surface area contributed by atoms with Gasteiger partial charge in [0.15, 0.2) is 0 Å². The lowest BCUT2D eigenvalue weighted by molar-refractivity contribution is 0.0985. The summed E-state index contributed by atoms with van der Waals surface area (Å²) in [6.07, 6.45) is 5.23. The summed E-state index contributed by atoms with van der Waals surface area (Å²) in [5.41, 5.74) is 4.59. The highest BCUT2D eigenvalue weighted by Crippen LogP contribution is 2.33. The number of hydrogen-bond acceptors (Lipinski definition) is 5. The van der Waals surface area contributed by atoms with Gasteiger partial charge >= 0.3 is 0 Å². The van der Waals surface area contributed by atoms with Crippen LogP contribution in [0.3, 0.4) is 0 Å². The summed E-state index contributed by atoms with van der Waals surface area (Å²) in [6, 6.07) is 16.4. The van der Waals surface area contributed by atoms with Crippen LogP contribution in [0.2, 0.25) is 0 Å². The third-order valence-corrected chi connectivity index (χ3v) is 6.18. The lowest BCUT2D eigenvalue weighted by Crippen LogP contribution is -2.20. The molecular formula is C21H13N3O3S. The van der Waals surface area contributed by atoms with Gasteiger partial charge in [-0.1, -0.05) is 12.1 Å². The van der Waals surface area contributed by atoms with Gasteiger partial charge < -0.3 is 0 Å². The van der Waals surface area contributed by atoms with Gasteiger partial charge in [-0.15, -0.1) is 0 Å². The molecule has 1 aliphatic rings. The Morgan fingerprint density at radius 3 is 2.32 bits per heavy atom. The van der Waals surface area contributed by atoms with Crippen LogP contribution in [0.1, 0.15) is 10.4 Å². The van der Waals surface area contributed by atoms with E-state index in [0.29, 0.717) is 5.56 Å². The molecule has 6 nitrogen and oxygen atoms in total. The largest absolute Gasteiger partial charge is 0.268 e. The van der Waals surface area contributed by atoms with E-state index in [-0.39, 0.29) is 10.5 Å². The molecule has 0 aliphatic carbocycles. The van der Waals surface area contributed by atoms with Gasteiger partial charge in [-0.2, -0.15) is 0 Å². The number of pyridine rings is 2. The zero-order valence-electron chi connectivity index (χ0n) is 14.5. The first-order valence-electron chi connectivity index (χ1n) is 8.54. The van der Waals surface area contributed by atoms with E-state index in [2.05, 4.69) is 9.97 Å². The molecule has 0 unspecified atom stereocenters. The summed E-state index contributed by atoms with van der Waals surface area (Å²) in [6.45, 7) is 0. The first-order chi connectivity index (χ1) is 13.5. The van der Waals surface area contributed by atoms with Gasteiger partial charge in [0.2, 0.25) is 0 Å². The normalized spacial score (nSPS) is 14.6. The third kappa shape index (κ3) is 2.56. The fourth-order valence-electron chi connectivity index (χ4n) is 3.45. The van der Waals surface area contributed by atoms with Gasteiger partial charge in [0.05, 0.1) is 11.1 Å². The molecule has 0 radical (unpaired) electrons. The van der Waals surface area contributed by atoms with Gasteiger partial charge in [0, 0.05) is 24.0 Å². The van der Waals surface area contributed by atoms with Crippen molar-refractivity contribution in [2.75, 3.05) is 0 Å². The first kappa shape index (κ1) is 16.6. The SMILES string of the molecule is O=C1NS(=O)(=O)c2cc(-c3ccc4nccc(-c5ccncc5)c4c3)ccc21. The summed E-state index contributed by atoms with van der Waals surface area (Å²) >= 11 is 0. The molecule has 2 aromatic carbocycles. The predicted octanol–water partition coefficient (Wildman–Crippen LogP) is 3.40. The summed E-state index contributed by atoms with van der Waals surface area (Å²) in [7, 11) is -3.80. The van der Waals surface area contributed by atoms with Gasteiger partial charge in [-0.05, 0) is 64.7 Å². The fourth-order valence-corrected chi connectivity index (χ4v) is 4.65. The quantitative estimate of drug-likeness (QED) is 0.569. The topological polar surface area (TPSA) is 89.0 Å². The molecule has 0 saturated carbocycles. The minimum absolute atomic E-state index is 0.00985. The van der Waals surface area contributed by atoms with Crippen molar-refractivity contribution in [3.63, 3.8) is 0 Å². The molecule has 28 heavy (non-hydrogen) atoms. The molecule has 0 spiro atoms. The summed E-state index contributed by atoms with van der Waals surface area (Å²) in [4.78, 5) is 20.3. The van der Waals surface area contributed by atoms with Crippen molar-refractivity contribution in [3.8, 4) is 22.3 Å². The maximum atomic E-state index is 12.2. The number of benzene rings is 2. The lowest BCUT2D eigenvalue weighted by Gasteiger charge is -2.09. The van der Waals surface area contributed by atoms with Crippen LogP contribution < -0.4 is 4.72 Å². The average molecular weight is 387 g/mol. The Morgan fingerprint density at radius 1 is 0.750 bits per heavy atom. The zero-order valence-corrected chi connectivity index (χ0v) is 15.3. The molecule has 7 heteroatoms. The summed E-state index contributed by atoms with van der Waals surface area (Å²) in [5, 5.41) is 0.948. The van der Waals surface area contributed by atoms with Crippen molar-refractivity contribution >= 4 is 26.8 Å². The Bertz CT molecular complexity index is 1370. The number of nitrogens with zero attached hydrogens (tertiary/aromatic N) is 2. The molecule has 1 N–H and O–H groups in total.